The Morgan fingerprint density at radius 1 is 1.00 bits per heavy atom. The van der Waals surface area contributed by atoms with Gasteiger partial charge in [-0.2, -0.15) is 9.90 Å². The van der Waals surface area contributed by atoms with Crippen LogP contribution in [0, 0.1) is 5.82 Å². The van der Waals surface area contributed by atoms with Crippen molar-refractivity contribution in [1.82, 2.24) is 25.6 Å². The average molecular weight is 400 g/mol. The van der Waals surface area contributed by atoms with Crippen molar-refractivity contribution in [3.63, 3.8) is 0 Å². The molecule has 0 bridgehead atoms. The molecule has 30 heavy (non-hydrogen) atoms. The number of hydrogen-bond acceptors (Lipinski definition) is 5. The summed E-state index contributed by atoms with van der Waals surface area (Å²) in [5.74, 6) is -0.240. The van der Waals surface area contributed by atoms with E-state index in [-0.39, 0.29) is 5.91 Å². The van der Waals surface area contributed by atoms with Crippen LogP contribution in [-0.2, 0) is 6.54 Å². The number of carbonyl (C=O) groups is 1. The Morgan fingerprint density at radius 2 is 1.73 bits per heavy atom. The van der Waals surface area contributed by atoms with Gasteiger partial charge in [0.2, 0.25) is 5.82 Å². The Kier molecular flexibility index (Phi) is 5.66. The highest BCUT2D eigenvalue weighted by molar-refractivity contribution is 5.94. The first-order valence-electron chi connectivity index (χ1n) is 9.19. The summed E-state index contributed by atoms with van der Waals surface area (Å²) in [5, 5.41) is 16.3. The first kappa shape index (κ1) is 19.1. The highest BCUT2D eigenvalue weighted by atomic mass is 19.1. The normalized spacial score (nSPS) is 11.0. The fourth-order valence-corrected chi connectivity index (χ4v) is 2.74. The minimum absolute atomic E-state index is 0.295. The molecule has 0 aliphatic carbocycles. The zero-order valence-electron chi connectivity index (χ0n) is 15.8. The fraction of sp³-hybridized carbons (Fsp3) is 0.0455. The molecular formula is C22H17FN6O. The predicted octanol–water partition coefficient (Wildman–Crippen LogP) is 3.29. The van der Waals surface area contributed by atoms with Crippen LogP contribution in [0.15, 0.2) is 84.0 Å². The maximum absolute atomic E-state index is 13.5. The van der Waals surface area contributed by atoms with E-state index in [4.69, 9.17) is 0 Å². The van der Waals surface area contributed by atoms with Crippen LogP contribution in [0.4, 0.5) is 4.39 Å². The van der Waals surface area contributed by atoms with Gasteiger partial charge in [-0.25, -0.2) is 9.82 Å². The van der Waals surface area contributed by atoms with Crippen molar-refractivity contribution >= 4 is 12.1 Å². The third kappa shape index (κ3) is 4.61. The molecule has 0 radical (unpaired) electrons. The Labute approximate surface area is 171 Å². The van der Waals surface area contributed by atoms with E-state index in [9.17, 15) is 9.18 Å². The van der Waals surface area contributed by atoms with Crippen molar-refractivity contribution in [1.29, 1.82) is 0 Å². The molecular weight excluding hydrogens is 383 g/mol. The number of aromatic nitrogens is 4. The van der Waals surface area contributed by atoms with Gasteiger partial charge in [-0.05, 0) is 29.0 Å². The van der Waals surface area contributed by atoms with Crippen LogP contribution in [0.3, 0.4) is 0 Å². The number of carbonyl (C=O) groups excluding carboxylic acids is 1. The first-order valence-corrected chi connectivity index (χ1v) is 9.19. The van der Waals surface area contributed by atoms with Gasteiger partial charge in [0.05, 0.1) is 12.8 Å². The number of halogens is 1. The Hall–Kier alpha value is -4.20. The van der Waals surface area contributed by atoms with Gasteiger partial charge >= 0.3 is 0 Å². The lowest BCUT2D eigenvalue weighted by Gasteiger charge is -2.03. The number of tetrazole rings is 1. The summed E-state index contributed by atoms with van der Waals surface area (Å²) in [7, 11) is 0. The van der Waals surface area contributed by atoms with Crippen LogP contribution in [0.5, 0.6) is 0 Å². The Balaban J connectivity index is 1.36. The van der Waals surface area contributed by atoms with E-state index in [0.29, 0.717) is 23.5 Å². The average Bonchev–Trinajstić information content (AvgIpc) is 3.25. The maximum atomic E-state index is 13.5. The number of nitrogens with zero attached hydrogens (tertiary/aromatic N) is 5. The smallest absolute Gasteiger partial charge is 0.267 e. The fourth-order valence-electron chi connectivity index (χ4n) is 2.74. The monoisotopic (exact) mass is 400 g/mol. The number of hydrogen-bond donors (Lipinski definition) is 1. The van der Waals surface area contributed by atoms with E-state index in [2.05, 4.69) is 25.9 Å². The van der Waals surface area contributed by atoms with Gasteiger partial charge in [-0.3, -0.25) is 4.79 Å². The molecule has 148 valence electrons. The van der Waals surface area contributed by atoms with E-state index in [0.717, 1.165) is 11.1 Å². The van der Waals surface area contributed by atoms with E-state index >= 15 is 0 Å². The SMILES string of the molecule is O=C(N/N=C\c1ccccc1F)c1ccc(Cn2nnc(-c3ccccc3)n2)cc1. The van der Waals surface area contributed by atoms with Gasteiger partial charge < -0.3 is 0 Å². The van der Waals surface area contributed by atoms with Crippen LogP contribution in [0.25, 0.3) is 11.4 Å². The van der Waals surface area contributed by atoms with Crippen LogP contribution in [0.1, 0.15) is 21.5 Å². The molecule has 4 rings (SSSR count). The van der Waals surface area contributed by atoms with Crippen molar-refractivity contribution < 1.29 is 9.18 Å². The van der Waals surface area contributed by atoms with Crippen molar-refractivity contribution in [3.05, 3.63) is 101 Å². The van der Waals surface area contributed by atoms with Crippen molar-refractivity contribution in [2.45, 2.75) is 6.54 Å². The summed E-state index contributed by atoms with van der Waals surface area (Å²) >= 11 is 0. The second-order valence-corrected chi connectivity index (χ2v) is 6.43. The van der Waals surface area contributed by atoms with Crippen LogP contribution in [0.2, 0.25) is 0 Å². The number of rotatable bonds is 6. The van der Waals surface area contributed by atoms with E-state index in [1.807, 2.05) is 30.3 Å². The first-order chi connectivity index (χ1) is 14.7. The lowest BCUT2D eigenvalue weighted by Crippen LogP contribution is -2.17. The van der Waals surface area contributed by atoms with Gasteiger partial charge in [0.15, 0.2) is 0 Å². The van der Waals surface area contributed by atoms with Gasteiger partial charge in [0.25, 0.3) is 5.91 Å². The highest BCUT2D eigenvalue weighted by Gasteiger charge is 2.08. The molecule has 0 saturated heterocycles. The number of hydrazone groups is 1. The molecule has 1 N–H and O–H groups in total. The van der Waals surface area contributed by atoms with Crippen molar-refractivity contribution in [2.75, 3.05) is 0 Å². The zero-order chi connectivity index (χ0) is 20.8. The third-order valence-corrected chi connectivity index (χ3v) is 4.30. The largest absolute Gasteiger partial charge is 0.271 e. The maximum Gasteiger partial charge on any atom is 0.271 e. The molecule has 0 saturated carbocycles. The van der Waals surface area contributed by atoms with Gasteiger partial charge in [0.1, 0.15) is 5.82 Å². The molecule has 4 aromatic rings. The van der Waals surface area contributed by atoms with E-state index in [1.165, 1.54) is 17.1 Å². The molecule has 7 nitrogen and oxygen atoms in total. The lowest BCUT2D eigenvalue weighted by atomic mass is 10.1. The molecule has 1 heterocycles. The summed E-state index contributed by atoms with van der Waals surface area (Å²) in [4.78, 5) is 13.7. The molecule has 0 aliphatic heterocycles. The Bertz CT molecular complexity index is 1170. The molecule has 0 atom stereocenters. The molecule has 0 spiro atoms. The Morgan fingerprint density at radius 3 is 2.50 bits per heavy atom. The summed E-state index contributed by atoms with van der Waals surface area (Å²) in [6, 6.07) is 22.8. The van der Waals surface area contributed by atoms with Gasteiger partial charge in [-0.1, -0.05) is 60.7 Å². The molecule has 8 heteroatoms. The van der Waals surface area contributed by atoms with Crippen molar-refractivity contribution in [3.8, 4) is 11.4 Å². The highest BCUT2D eigenvalue weighted by Crippen LogP contribution is 2.12. The lowest BCUT2D eigenvalue weighted by molar-refractivity contribution is 0.0955. The molecule has 0 aliphatic rings. The van der Waals surface area contributed by atoms with Crippen LogP contribution < -0.4 is 5.43 Å². The topological polar surface area (TPSA) is 85.1 Å². The van der Waals surface area contributed by atoms with Gasteiger partial charge in [0, 0.05) is 16.7 Å². The standard InChI is InChI=1S/C22H17FN6O/c23-20-9-5-4-8-19(20)14-24-26-22(30)18-12-10-16(11-13-18)15-29-27-21(25-28-29)17-6-2-1-3-7-17/h1-14H,15H2,(H,26,30)/b24-14-. The molecule has 1 aromatic heterocycles. The van der Waals surface area contributed by atoms with E-state index < -0.39 is 5.82 Å². The summed E-state index contributed by atoms with van der Waals surface area (Å²) < 4.78 is 13.5. The summed E-state index contributed by atoms with van der Waals surface area (Å²) in [6.45, 7) is 0.424. The van der Waals surface area contributed by atoms with Gasteiger partial charge in [-0.15, -0.1) is 10.2 Å². The second-order valence-electron chi connectivity index (χ2n) is 6.43. The number of benzene rings is 3. The van der Waals surface area contributed by atoms with Crippen LogP contribution in [-0.4, -0.2) is 32.3 Å². The minimum Gasteiger partial charge on any atom is -0.267 e. The second kappa shape index (κ2) is 8.87. The minimum atomic E-state index is -0.406. The summed E-state index contributed by atoms with van der Waals surface area (Å²) in [5.41, 5.74) is 4.93. The predicted molar refractivity (Wildman–Crippen MR) is 110 cm³/mol. The quantitative estimate of drug-likeness (QED) is 0.398. The number of amides is 1. The number of nitrogens with one attached hydrogen (secondary N) is 1. The van der Waals surface area contributed by atoms with Crippen molar-refractivity contribution in [2.24, 2.45) is 5.10 Å². The molecule has 1 amide bonds. The van der Waals surface area contributed by atoms with E-state index in [1.54, 1.807) is 42.5 Å². The molecule has 3 aromatic carbocycles. The van der Waals surface area contributed by atoms with Crippen LogP contribution >= 0.6 is 0 Å². The summed E-state index contributed by atoms with van der Waals surface area (Å²) in [6.07, 6.45) is 1.27. The third-order valence-electron chi connectivity index (χ3n) is 4.30. The molecule has 0 unspecified atom stereocenters. The molecule has 0 fully saturated rings. The zero-order valence-corrected chi connectivity index (χ0v) is 15.8.